The molecule has 0 fully saturated rings. The smallest absolute Gasteiger partial charge is 0.233 e. The highest BCUT2D eigenvalue weighted by molar-refractivity contribution is 6.49. The molecule has 0 aliphatic carbocycles. The van der Waals surface area contributed by atoms with Gasteiger partial charge in [0, 0.05) is 24.0 Å². The van der Waals surface area contributed by atoms with Crippen molar-refractivity contribution < 1.29 is 9.59 Å². The highest BCUT2D eigenvalue weighted by atomic mass is 16.2. The third-order valence-corrected chi connectivity index (χ3v) is 3.33. The van der Waals surface area contributed by atoms with Crippen molar-refractivity contribution in [3.8, 4) is 24.7 Å². The van der Waals surface area contributed by atoms with Crippen LogP contribution < -0.4 is 0 Å². The van der Waals surface area contributed by atoms with Crippen LogP contribution in [0.2, 0.25) is 0 Å². The van der Waals surface area contributed by atoms with Gasteiger partial charge in [0.1, 0.15) is 0 Å². The topological polar surface area (TPSA) is 34.1 Å². The fraction of sp³-hybridized carbons (Fsp3) is 0.100. The molecule has 22 heavy (non-hydrogen) atoms. The van der Waals surface area contributed by atoms with E-state index in [1.54, 1.807) is 42.5 Å². The van der Waals surface area contributed by atoms with E-state index >= 15 is 0 Å². The zero-order valence-corrected chi connectivity index (χ0v) is 12.0. The molecule has 0 heterocycles. The maximum Gasteiger partial charge on any atom is 0.233 e. The second-order valence-electron chi connectivity index (χ2n) is 4.73. The molecule has 0 N–H and O–H groups in total. The predicted molar refractivity (Wildman–Crippen MR) is 86.6 cm³/mol. The van der Waals surface area contributed by atoms with Gasteiger partial charge in [-0.1, -0.05) is 48.5 Å². The van der Waals surface area contributed by atoms with Gasteiger partial charge in [-0.3, -0.25) is 9.59 Å². The zero-order chi connectivity index (χ0) is 15.9. The van der Waals surface area contributed by atoms with Crippen LogP contribution >= 0.6 is 0 Å². The van der Waals surface area contributed by atoms with Gasteiger partial charge in [-0.15, -0.1) is 24.7 Å². The van der Waals surface area contributed by atoms with Gasteiger partial charge in [0.25, 0.3) is 0 Å². The second kappa shape index (κ2) is 7.07. The Morgan fingerprint density at radius 1 is 0.818 bits per heavy atom. The number of terminal acetylenes is 2. The Morgan fingerprint density at radius 2 is 1.50 bits per heavy atom. The normalized spacial score (nSPS) is 9.55. The number of hydrogen-bond acceptors (Lipinski definition) is 2. The van der Waals surface area contributed by atoms with Gasteiger partial charge in [0.2, 0.25) is 11.6 Å². The third-order valence-electron chi connectivity index (χ3n) is 3.33. The maximum atomic E-state index is 12.5. The van der Waals surface area contributed by atoms with E-state index in [-0.39, 0.29) is 6.42 Å². The van der Waals surface area contributed by atoms with Gasteiger partial charge in [-0.2, -0.15) is 0 Å². The predicted octanol–water partition coefficient (Wildman–Crippen LogP) is 3.10. The molecular formula is C20H14O2. The zero-order valence-electron chi connectivity index (χ0n) is 12.0. The number of carbonyl (C=O) groups is 2. The summed E-state index contributed by atoms with van der Waals surface area (Å²) in [4.78, 5) is 24.9. The summed E-state index contributed by atoms with van der Waals surface area (Å²) in [6.07, 6.45) is 11.4. The first-order chi connectivity index (χ1) is 10.7. The third kappa shape index (κ3) is 3.14. The molecule has 2 aromatic carbocycles. The van der Waals surface area contributed by atoms with E-state index in [0.717, 1.165) is 5.56 Å². The van der Waals surface area contributed by atoms with Crippen LogP contribution in [-0.2, 0) is 12.8 Å². The number of hydrogen-bond donors (Lipinski definition) is 0. The summed E-state index contributed by atoms with van der Waals surface area (Å²) in [5.74, 6) is 3.97. The Hall–Kier alpha value is -3.10. The number of carbonyl (C=O) groups excluding carboxylic acids is 2. The fourth-order valence-electron chi connectivity index (χ4n) is 2.28. The Bertz CT molecular complexity index is 787. The van der Waals surface area contributed by atoms with Gasteiger partial charge in [0.05, 0.1) is 0 Å². The molecule has 0 spiro atoms. The quantitative estimate of drug-likeness (QED) is 0.481. The number of benzene rings is 2. The van der Waals surface area contributed by atoms with Crippen molar-refractivity contribution in [1.29, 1.82) is 0 Å². The summed E-state index contributed by atoms with van der Waals surface area (Å²) in [6.45, 7) is 0. The van der Waals surface area contributed by atoms with Gasteiger partial charge in [-0.25, -0.2) is 0 Å². The molecule has 0 amide bonds. The van der Waals surface area contributed by atoms with Crippen LogP contribution in [0.3, 0.4) is 0 Å². The molecule has 2 nitrogen and oxygen atoms in total. The second-order valence-corrected chi connectivity index (χ2v) is 4.73. The van der Waals surface area contributed by atoms with E-state index < -0.39 is 11.6 Å². The number of Topliss-reactive ketones (excluding diaryl/α,β-unsaturated/α-hetero) is 2. The molecule has 2 rings (SSSR count). The van der Waals surface area contributed by atoms with Crippen LogP contribution in [0.4, 0.5) is 0 Å². The Morgan fingerprint density at radius 3 is 2.14 bits per heavy atom. The van der Waals surface area contributed by atoms with Crippen LogP contribution in [0, 0.1) is 24.7 Å². The standard InChI is InChI=1S/C20H14O2/c1-3-9-15-13-8-14-18(17(15)10-4-2)20(22)19(21)16-11-6-5-7-12-16/h1-2,5-8,11-14H,9-10H2. The summed E-state index contributed by atoms with van der Waals surface area (Å²) in [7, 11) is 0. The molecule has 0 bridgehead atoms. The molecule has 2 aromatic rings. The molecule has 0 aliphatic rings. The SMILES string of the molecule is C#CCc1cccc(C(=O)C(=O)c2ccccc2)c1CC#C. The van der Waals surface area contributed by atoms with Gasteiger partial charge in [0.15, 0.2) is 0 Å². The van der Waals surface area contributed by atoms with Crippen molar-refractivity contribution in [3.05, 3.63) is 70.8 Å². The Labute approximate surface area is 130 Å². The summed E-state index contributed by atoms with van der Waals surface area (Å²) in [5, 5.41) is 0. The molecule has 0 aliphatic heterocycles. The van der Waals surface area contributed by atoms with Crippen molar-refractivity contribution in [1.82, 2.24) is 0 Å². The van der Waals surface area contributed by atoms with Gasteiger partial charge >= 0.3 is 0 Å². The molecule has 0 atom stereocenters. The average molecular weight is 286 g/mol. The number of rotatable bonds is 5. The molecule has 2 heteroatoms. The van der Waals surface area contributed by atoms with E-state index in [2.05, 4.69) is 11.8 Å². The summed E-state index contributed by atoms with van der Waals surface area (Å²) >= 11 is 0. The molecule has 0 unspecified atom stereocenters. The lowest BCUT2D eigenvalue weighted by molar-refractivity contribution is 0.0816. The van der Waals surface area contributed by atoms with Crippen molar-refractivity contribution in [2.75, 3.05) is 0 Å². The van der Waals surface area contributed by atoms with Gasteiger partial charge in [-0.05, 0) is 11.1 Å². The van der Waals surface area contributed by atoms with Crippen LogP contribution in [0.5, 0.6) is 0 Å². The largest absolute Gasteiger partial charge is 0.285 e. The first-order valence-corrected chi connectivity index (χ1v) is 6.80. The van der Waals surface area contributed by atoms with Crippen LogP contribution in [0.15, 0.2) is 48.5 Å². The highest BCUT2D eigenvalue weighted by Crippen LogP contribution is 2.19. The minimum absolute atomic E-state index is 0.265. The van der Waals surface area contributed by atoms with Crippen molar-refractivity contribution in [3.63, 3.8) is 0 Å². The Kier molecular flexibility index (Phi) is 4.91. The summed E-state index contributed by atoms with van der Waals surface area (Å²) < 4.78 is 0. The lowest BCUT2D eigenvalue weighted by Crippen LogP contribution is -2.17. The number of ketones is 2. The Balaban J connectivity index is 2.46. The molecule has 0 saturated heterocycles. The lowest BCUT2D eigenvalue weighted by Gasteiger charge is -2.10. The lowest BCUT2D eigenvalue weighted by atomic mass is 9.91. The summed E-state index contributed by atoms with van der Waals surface area (Å²) in [5.41, 5.74) is 2.17. The highest BCUT2D eigenvalue weighted by Gasteiger charge is 2.21. The molecular weight excluding hydrogens is 272 g/mol. The molecule has 0 saturated carbocycles. The van der Waals surface area contributed by atoms with Gasteiger partial charge < -0.3 is 0 Å². The summed E-state index contributed by atoms with van der Waals surface area (Å²) in [6, 6.07) is 13.6. The molecule has 0 aromatic heterocycles. The maximum absolute atomic E-state index is 12.5. The van der Waals surface area contributed by atoms with E-state index in [0.29, 0.717) is 23.1 Å². The van der Waals surface area contributed by atoms with Crippen LogP contribution in [0.25, 0.3) is 0 Å². The monoisotopic (exact) mass is 286 g/mol. The van der Waals surface area contributed by atoms with Crippen molar-refractivity contribution >= 4 is 11.6 Å². The van der Waals surface area contributed by atoms with E-state index in [1.165, 1.54) is 0 Å². The minimum atomic E-state index is -0.560. The van der Waals surface area contributed by atoms with E-state index in [9.17, 15) is 9.59 Å². The first-order valence-electron chi connectivity index (χ1n) is 6.80. The average Bonchev–Trinajstić information content (AvgIpc) is 2.56. The fourth-order valence-corrected chi connectivity index (χ4v) is 2.28. The van der Waals surface area contributed by atoms with Crippen molar-refractivity contribution in [2.24, 2.45) is 0 Å². The van der Waals surface area contributed by atoms with Crippen molar-refractivity contribution in [2.45, 2.75) is 12.8 Å². The van der Waals surface area contributed by atoms with Crippen LogP contribution in [0.1, 0.15) is 31.8 Å². The van der Waals surface area contributed by atoms with Crippen LogP contribution in [-0.4, -0.2) is 11.6 Å². The molecule has 0 radical (unpaired) electrons. The van der Waals surface area contributed by atoms with E-state index in [1.807, 2.05) is 6.07 Å². The molecule has 106 valence electrons. The van der Waals surface area contributed by atoms with E-state index in [4.69, 9.17) is 12.8 Å². The first kappa shape index (κ1) is 15.3. The minimum Gasteiger partial charge on any atom is -0.285 e.